The van der Waals surface area contributed by atoms with E-state index in [0.29, 0.717) is 49.5 Å². The Morgan fingerprint density at radius 2 is 1.72 bits per heavy atom. The molecule has 2 fully saturated rings. The largest absolute Gasteiger partial charge is 0.493 e. The van der Waals surface area contributed by atoms with Crippen LogP contribution in [-0.4, -0.2) is 90.9 Å². The molecule has 53 heavy (non-hydrogen) atoms. The number of aromatic nitrogens is 1. The van der Waals surface area contributed by atoms with E-state index in [0.717, 1.165) is 32.9 Å². The standard InChI is InChI=1S/C41H48BrN5O6/c1-25(2)53-36-16-13-27(17-37(36)52-4)41(51)47-22-29-21-46(38(48)18-28-20-44-34-15-14-30(42)19-31(28)34)24-33(32(29)23-47)39(49)45-35(40(50)43-3)12-8-11-26-9-6-5-7-10-26/h5-7,9-10,13-17,19-20,25,29,32-33,35,44H,8,11-12,18,21-24H2,1-4H3,(H,43,50)(H,45,49)/t29?,32?,33?,35-/m0/s1. The smallest absolute Gasteiger partial charge is 0.254 e. The third kappa shape index (κ3) is 8.87. The minimum absolute atomic E-state index is 0.0643. The van der Waals surface area contributed by atoms with Gasteiger partial charge >= 0.3 is 0 Å². The van der Waals surface area contributed by atoms with Crippen molar-refractivity contribution in [2.75, 3.05) is 40.3 Å². The highest BCUT2D eigenvalue weighted by Crippen LogP contribution is 2.38. The van der Waals surface area contributed by atoms with E-state index in [9.17, 15) is 19.2 Å². The van der Waals surface area contributed by atoms with Gasteiger partial charge in [-0.05, 0) is 92.5 Å². The van der Waals surface area contributed by atoms with Gasteiger partial charge < -0.3 is 34.9 Å². The molecule has 4 atom stereocenters. The van der Waals surface area contributed by atoms with Gasteiger partial charge in [-0.15, -0.1) is 0 Å². The highest BCUT2D eigenvalue weighted by Gasteiger charge is 2.48. The van der Waals surface area contributed by atoms with Crippen molar-refractivity contribution >= 4 is 50.5 Å². The molecule has 3 heterocycles. The number of nitrogens with one attached hydrogen (secondary N) is 3. The average Bonchev–Trinajstić information content (AvgIpc) is 3.77. The molecular weight excluding hydrogens is 738 g/mol. The van der Waals surface area contributed by atoms with Gasteiger partial charge in [0.05, 0.1) is 25.6 Å². The van der Waals surface area contributed by atoms with E-state index >= 15 is 0 Å². The zero-order valence-electron chi connectivity index (χ0n) is 30.7. The first-order chi connectivity index (χ1) is 25.5. The second-order valence-corrected chi connectivity index (χ2v) is 15.2. The Morgan fingerprint density at radius 3 is 2.45 bits per heavy atom. The van der Waals surface area contributed by atoms with Crippen LogP contribution >= 0.6 is 15.9 Å². The van der Waals surface area contributed by atoms with E-state index in [2.05, 4.69) is 31.5 Å². The molecule has 3 unspecified atom stereocenters. The van der Waals surface area contributed by atoms with Crippen molar-refractivity contribution < 1.29 is 28.7 Å². The van der Waals surface area contributed by atoms with Gasteiger partial charge in [-0.1, -0.05) is 46.3 Å². The van der Waals surface area contributed by atoms with Crippen LogP contribution in [0, 0.1) is 17.8 Å². The minimum atomic E-state index is -0.733. The molecule has 11 nitrogen and oxygen atoms in total. The fourth-order valence-corrected chi connectivity index (χ4v) is 8.07. The number of likely N-dealkylation sites (tertiary alicyclic amines) is 2. The van der Waals surface area contributed by atoms with Crippen LogP contribution in [0.2, 0.25) is 0 Å². The van der Waals surface area contributed by atoms with Crippen molar-refractivity contribution in [2.45, 2.75) is 51.7 Å². The second-order valence-electron chi connectivity index (χ2n) is 14.3. The molecule has 280 valence electrons. The molecular formula is C41H48BrN5O6. The molecule has 4 amide bonds. The predicted octanol–water partition coefficient (Wildman–Crippen LogP) is 5.37. The number of fused-ring (bicyclic) bond motifs is 2. The van der Waals surface area contributed by atoms with Crippen LogP contribution in [0.25, 0.3) is 10.9 Å². The van der Waals surface area contributed by atoms with Crippen molar-refractivity contribution in [3.63, 3.8) is 0 Å². The summed E-state index contributed by atoms with van der Waals surface area (Å²) in [5.74, 6) is -0.761. The second kappa shape index (κ2) is 16.9. The molecule has 12 heteroatoms. The summed E-state index contributed by atoms with van der Waals surface area (Å²) in [7, 11) is 3.11. The third-order valence-corrected chi connectivity index (χ3v) is 10.9. The zero-order valence-corrected chi connectivity index (χ0v) is 32.3. The van der Waals surface area contributed by atoms with Gasteiger partial charge in [0.25, 0.3) is 5.91 Å². The normalized spacial score (nSPS) is 18.8. The maximum atomic E-state index is 14.3. The molecule has 2 aliphatic heterocycles. The molecule has 0 aliphatic carbocycles. The summed E-state index contributed by atoms with van der Waals surface area (Å²) in [6.45, 7) is 5.20. The van der Waals surface area contributed by atoms with Gasteiger partial charge in [-0.3, -0.25) is 19.2 Å². The van der Waals surface area contributed by atoms with Crippen LogP contribution in [0.3, 0.4) is 0 Å². The summed E-state index contributed by atoms with van der Waals surface area (Å²) >= 11 is 3.54. The van der Waals surface area contributed by atoms with Gasteiger partial charge in [0.2, 0.25) is 17.7 Å². The lowest BCUT2D eigenvalue weighted by Crippen LogP contribution is -2.56. The highest BCUT2D eigenvalue weighted by molar-refractivity contribution is 9.10. The van der Waals surface area contributed by atoms with Crippen molar-refractivity contribution in [3.8, 4) is 11.5 Å². The van der Waals surface area contributed by atoms with Gasteiger partial charge in [0.1, 0.15) is 6.04 Å². The van der Waals surface area contributed by atoms with Crippen LogP contribution < -0.4 is 20.1 Å². The number of ether oxygens (including phenoxy) is 2. The summed E-state index contributed by atoms with van der Waals surface area (Å²) in [5, 5.41) is 6.71. The Balaban J connectivity index is 1.22. The number of hydrogen-bond acceptors (Lipinski definition) is 6. The SMILES string of the molecule is CNC(=O)[C@H](CCCc1ccccc1)NC(=O)C1CN(C(=O)Cc2c[nH]c3ccc(Br)cc23)CC2CN(C(=O)c3ccc(OC(C)C)c(OC)c3)CC21. The summed E-state index contributed by atoms with van der Waals surface area (Å²) in [6.07, 6.45) is 3.90. The van der Waals surface area contributed by atoms with Crippen molar-refractivity contribution in [2.24, 2.45) is 17.8 Å². The first kappa shape index (κ1) is 37.9. The Morgan fingerprint density at radius 1 is 0.943 bits per heavy atom. The molecule has 6 rings (SSSR count). The molecule has 3 aromatic carbocycles. The number of rotatable bonds is 13. The number of piperidine rings is 1. The Labute approximate surface area is 318 Å². The lowest BCUT2D eigenvalue weighted by Gasteiger charge is -2.40. The van der Waals surface area contributed by atoms with Crippen molar-refractivity contribution in [1.29, 1.82) is 0 Å². The van der Waals surface area contributed by atoms with Gasteiger partial charge in [0, 0.05) is 60.4 Å². The lowest BCUT2D eigenvalue weighted by molar-refractivity contribution is -0.140. The van der Waals surface area contributed by atoms with Crippen LogP contribution in [0.15, 0.2) is 77.4 Å². The number of benzene rings is 3. The predicted molar refractivity (Wildman–Crippen MR) is 207 cm³/mol. The van der Waals surface area contributed by atoms with E-state index in [1.165, 1.54) is 0 Å². The average molecular weight is 787 g/mol. The number of carbonyl (C=O) groups excluding carboxylic acids is 4. The Hall–Kier alpha value is -4.84. The third-order valence-electron chi connectivity index (χ3n) is 10.4. The molecule has 2 aliphatic rings. The first-order valence-corrected chi connectivity index (χ1v) is 19.1. The van der Waals surface area contributed by atoms with E-state index in [1.54, 1.807) is 42.2 Å². The van der Waals surface area contributed by atoms with Crippen LogP contribution in [0.4, 0.5) is 0 Å². The van der Waals surface area contributed by atoms with Crippen molar-refractivity contribution in [3.05, 3.63) is 94.1 Å². The van der Waals surface area contributed by atoms with E-state index in [1.807, 2.05) is 68.6 Å². The Kier molecular flexibility index (Phi) is 12.1. The molecule has 4 aromatic rings. The number of nitrogens with zero attached hydrogens (tertiary/aromatic N) is 2. The van der Waals surface area contributed by atoms with Gasteiger partial charge in [-0.2, -0.15) is 0 Å². The molecule has 0 saturated carbocycles. The molecule has 3 N–H and O–H groups in total. The number of aryl methyl sites for hydroxylation is 1. The quantitative estimate of drug-likeness (QED) is 0.167. The fraction of sp³-hybridized carbons (Fsp3) is 0.415. The number of likely N-dealkylation sites (N-methyl/N-ethyl adjacent to an activating group) is 1. The molecule has 0 bridgehead atoms. The molecule has 0 radical (unpaired) electrons. The number of halogens is 1. The number of methoxy groups -OCH3 is 1. The molecule has 2 saturated heterocycles. The number of carbonyl (C=O) groups is 4. The number of H-pyrrole nitrogens is 1. The maximum absolute atomic E-state index is 14.3. The van der Waals surface area contributed by atoms with Gasteiger partial charge in [0.15, 0.2) is 11.5 Å². The van der Waals surface area contributed by atoms with E-state index in [4.69, 9.17) is 9.47 Å². The number of aromatic amines is 1. The maximum Gasteiger partial charge on any atom is 0.254 e. The monoisotopic (exact) mass is 785 g/mol. The van der Waals surface area contributed by atoms with Crippen LogP contribution in [0.5, 0.6) is 11.5 Å². The fourth-order valence-electron chi connectivity index (χ4n) is 7.71. The number of amides is 4. The van der Waals surface area contributed by atoms with E-state index < -0.39 is 12.0 Å². The lowest BCUT2D eigenvalue weighted by atomic mass is 9.79. The first-order valence-electron chi connectivity index (χ1n) is 18.3. The Bertz CT molecular complexity index is 1950. The summed E-state index contributed by atoms with van der Waals surface area (Å²) in [6, 6.07) is 20.4. The summed E-state index contributed by atoms with van der Waals surface area (Å²) in [4.78, 5) is 62.1. The van der Waals surface area contributed by atoms with E-state index in [-0.39, 0.29) is 54.5 Å². The molecule has 0 spiro atoms. The number of hydrogen-bond donors (Lipinski definition) is 3. The zero-order chi connectivity index (χ0) is 37.6. The highest BCUT2D eigenvalue weighted by atomic mass is 79.9. The van der Waals surface area contributed by atoms with Crippen LogP contribution in [0.1, 0.15) is 48.2 Å². The minimum Gasteiger partial charge on any atom is -0.493 e. The molecule has 1 aromatic heterocycles. The summed E-state index contributed by atoms with van der Waals surface area (Å²) in [5.41, 5.74) is 3.42. The van der Waals surface area contributed by atoms with Gasteiger partial charge in [-0.25, -0.2) is 0 Å². The topological polar surface area (TPSA) is 133 Å². The van der Waals surface area contributed by atoms with Crippen LogP contribution in [-0.2, 0) is 27.2 Å². The summed E-state index contributed by atoms with van der Waals surface area (Å²) < 4.78 is 12.3. The van der Waals surface area contributed by atoms with Crippen molar-refractivity contribution in [1.82, 2.24) is 25.4 Å².